The lowest BCUT2D eigenvalue weighted by Crippen LogP contribution is -2.61. The minimum absolute atomic E-state index is 0.0464. The molecule has 0 aromatic heterocycles. The lowest BCUT2D eigenvalue weighted by molar-refractivity contribution is -0.318. The Morgan fingerprint density at radius 1 is 0.906 bits per heavy atom. The molecule has 64 heavy (non-hydrogen) atoms. The number of nitrogens with zero attached hydrogens (tertiary/aromatic N) is 3. The van der Waals surface area contributed by atoms with Gasteiger partial charge in [-0.1, -0.05) is 20.8 Å². The van der Waals surface area contributed by atoms with Gasteiger partial charge in [-0.25, -0.2) is 5.48 Å². The van der Waals surface area contributed by atoms with Crippen LogP contribution in [0.25, 0.3) is 0 Å². The molecule has 0 aromatic carbocycles. The number of carbonyl (C=O) groups excluding carboxylic acids is 3. The summed E-state index contributed by atoms with van der Waals surface area (Å²) in [5.41, 5.74) is -3.02. The second-order valence-electron chi connectivity index (χ2n) is 20.0. The molecule has 7 N–H and O–H groups in total. The van der Waals surface area contributed by atoms with Gasteiger partial charge in [0, 0.05) is 77.1 Å². The Balaban J connectivity index is 1.74. The molecule has 372 valence electrons. The Hall–Kier alpha value is -2.11. The SMILES string of the molecule is CC[C@H]1OC(=O)[C@H](C)[C@@H](O[C@H]2C[C@@](C)(OC)[C@@H](O)[C@H](C)O2)[C@H](C)[C@@H](O[C@@H]2O[C@H](C)CC(N3CCCN(C(=O)CCC(=O)NO)CC3)[C@H]2O)[C@](C)(O)C[C@@H](C)CN(C)[C@H](C)[C@@H](O)[C@]1(C)O. The number of aliphatic hydroxyl groups excluding tert-OH is 3. The van der Waals surface area contributed by atoms with Gasteiger partial charge in [0.25, 0.3) is 0 Å². The topological polar surface area (TPSA) is 250 Å². The summed E-state index contributed by atoms with van der Waals surface area (Å²) in [6, 6.07) is -1.04. The van der Waals surface area contributed by atoms with Crippen molar-refractivity contribution < 1.29 is 73.5 Å². The van der Waals surface area contributed by atoms with Crippen LogP contribution < -0.4 is 5.48 Å². The standard InChI is InChI=1S/C45H82N4O15/c1-13-32-45(10,57)38(53)29(6)47(11)24-25(2)22-43(8,56)40(27(4)37(28(5)41(55)62-32)63-35-23-44(9,59-12)39(54)30(7)61-35)64-42-36(52)31(21-26(3)60-42)48-17-14-18-49(20-19-48)34(51)16-15-33(50)46-58/h25-32,35-40,42,52-54,56-58H,13-24H2,1-12H3,(H,46,50)/t25-,26-,27+,28-,29-,30+,31?,32-,35+,36-,37+,38-,39+,40-,42+,43-,44-,45-/m1/s1. The lowest BCUT2D eigenvalue weighted by atomic mass is 9.77. The van der Waals surface area contributed by atoms with Crippen molar-refractivity contribution in [2.75, 3.05) is 46.9 Å². The Bertz CT molecular complexity index is 1530. The number of likely N-dealkylation sites (N-methyl/N-ethyl adjacent to an activating group) is 1. The summed E-state index contributed by atoms with van der Waals surface area (Å²) >= 11 is 0. The van der Waals surface area contributed by atoms with E-state index in [4.69, 9.17) is 33.6 Å². The third-order valence-corrected chi connectivity index (χ3v) is 14.6. The molecule has 1 unspecified atom stereocenters. The molecule has 4 fully saturated rings. The molecule has 19 nitrogen and oxygen atoms in total. The van der Waals surface area contributed by atoms with E-state index < -0.39 is 114 Å². The first-order valence-corrected chi connectivity index (χ1v) is 23.3. The van der Waals surface area contributed by atoms with Crippen molar-refractivity contribution in [2.45, 2.75) is 204 Å². The first-order valence-electron chi connectivity index (χ1n) is 23.3. The van der Waals surface area contributed by atoms with Crippen molar-refractivity contribution in [3.8, 4) is 0 Å². The number of aliphatic hydroxyl groups is 5. The molecule has 0 aliphatic carbocycles. The van der Waals surface area contributed by atoms with Crippen LogP contribution in [0.5, 0.6) is 0 Å². The molecule has 0 bridgehead atoms. The van der Waals surface area contributed by atoms with Gasteiger partial charge in [-0.15, -0.1) is 0 Å². The van der Waals surface area contributed by atoms with Crippen molar-refractivity contribution >= 4 is 17.8 Å². The van der Waals surface area contributed by atoms with Gasteiger partial charge in [0.05, 0.1) is 41.5 Å². The van der Waals surface area contributed by atoms with Crippen LogP contribution >= 0.6 is 0 Å². The molecule has 4 aliphatic rings. The van der Waals surface area contributed by atoms with Crippen molar-refractivity contribution in [1.29, 1.82) is 0 Å². The van der Waals surface area contributed by atoms with Crippen LogP contribution in [0.1, 0.15) is 114 Å². The highest BCUT2D eigenvalue weighted by Crippen LogP contribution is 2.40. The number of hydrogen-bond acceptors (Lipinski definition) is 17. The predicted octanol–water partition coefficient (Wildman–Crippen LogP) is 1.16. The zero-order valence-corrected chi connectivity index (χ0v) is 40.3. The van der Waals surface area contributed by atoms with E-state index in [2.05, 4.69) is 4.90 Å². The molecule has 4 heterocycles. The average molecular weight is 919 g/mol. The molecule has 2 amide bonds. The Morgan fingerprint density at radius 3 is 2.20 bits per heavy atom. The van der Waals surface area contributed by atoms with Crippen LogP contribution in [-0.4, -0.2) is 200 Å². The van der Waals surface area contributed by atoms with Gasteiger partial charge in [0.15, 0.2) is 12.6 Å². The number of esters is 1. The zero-order valence-electron chi connectivity index (χ0n) is 40.3. The molecule has 0 spiro atoms. The van der Waals surface area contributed by atoms with Crippen LogP contribution in [0.3, 0.4) is 0 Å². The summed E-state index contributed by atoms with van der Waals surface area (Å²) < 4.78 is 38.1. The van der Waals surface area contributed by atoms with Crippen molar-refractivity contribution in [2.24, 2.45) is 17.8 Å². The van der Waals surface area contributed by atoms with Crippen molar-refractivity contribution in [3.05, 3.63) is 0 Å². The maximum atomic E-state index is 14.4. The van der Waals surface area contributed by atoms with Crippen LogP contribution in [0.2, 0.25) is 0 Å². The molecule has 4 saturated heterocycles. The molecule has 4 aliphatic heterocycles. The third kappa shape index (κ3) is 12.9. The van der Waals surface area contributed by atoms with E-state index in [0.717, 1.165) is 0 Å². The summed E-state index contributed by atoms with van der Waals surface area (Å²) in [6.45, 7) is 19.6. The van der Waals surface area contributed by atoms with Crippen molar-refractivity contribution in [3.63, 3.8) is 0 Å². The maximum Gasteiger partial charge on any atom is 0.311 e. The average Bonchev–Trinajstić information content (AvgIpc) is 3.50. The molecule has 0 saturated carbocycles. The molecule has 18 atom stereocenters. The van der Waals surface area contributed by atoms with E-state index >= 15 is 0 Å². The van der Waals surface area contributed by atoms with E-state index in [-0.39, 0.29) is 43.9 Å². The fraction of sp³-hybridized carbons (Fsp3) is 0.933. The monoisotopic (exact) mass is 919 g/mol. The van der Waals surface area contributed by atoms with Gasteiger partial charge < -0.3 is 63.8 Å². The number of hydrogen-bond donors (Lipinski definition) is 7. The second kappa shape index (κ2) is 22.8. The Morgan fingerprint density at radius 2 is 1.58 bits per heavy atom. The summed E-state index contributed by atoms with van der Waals surface area (Å²) in [6.07, 6.45) is -8.93. The largest absolute Gasteiger partial charge is 0.459 e. The number of rotatable bonds is 10. The van der Waals surface area contributed by atoms with E-state index in [1.54, 1.807) is 58.8 Å². The lowest BCUT2D eigenvalue weighted by Gasteiger charge is -2.49. The molecule has 4 rings (SSSR count). The summed E-state index contributed by atoms with van der Waals surface area (Å²) in [5, 5.41) is 68.3. The quantitative estimate of drug-likeness (QED) is 0.0923. The Labute approximate surface area is 379 Å². The summed E-state index contributed by atoms with van der Waals surface area (Å²) in [4.78, 5) is 44.7. The number of carbonyl (C=O) groups is 3. The zero-order chi connectivity index (χ0) is 48.1. The van der Waals surface area contributed by atoms with Crippen LogP contribution in [0.15, 0.2) is 0 Å². The Kier molecular flexibility index (Phi) is 19.4. The van der Waals surface area contributed by atoms with Gasteiger partial charge in [-0.2, -0.15) is 0 Å². The predicted molar refractivity (Wildman–Crippen MR) is 232 cm³/mol. The summed E-state index contributed by atoms with van der Waals surface area (Å²) in [7, 11) is 3.31. The number of ether oxygens (including phenoxy) is 6. The van der Waals surface area contributed by atoms with Gasteiger partial charge in [-0.05, 0) is 87.1 Å². The fourth-order valence-corrected chi connectivity index (χ4v) is 10.5. The van der Waals surface area contributed by atoms with E-state index in [0.29, 0.717) is 45.6 Å². The van der Waals surface area contributed by atoms with Crippen LogP contribution in [0.4, 0.5) is 0 Å². The number of nitrogens with one attached hydrogen (secondary N) is 1. The fourth-order valence-electron chi connectivity index (χ4n) is 10.5. The third-order valence-electron chi connectivity index (χ3n) is 14.6. The molecule has 0 radical (unpaired) electrons. The smallest absolute Gasteiger partial charge is 0.311 e. The van der Waals surface area contributed by atoms with E-state index in [1.807, 2.05) is 25.8 Å². The first kappa shape index (κ1) is 54.5. The number of hydroxylamine groups is 1. The number of methoxy groups -OCH3 is 1. The molecular formula is C45H82N4O15. The highest BCUT2D eigenvalue weighted by atomic mass is 16.7. The molecule has 0 aromatic rings. The maximum absolute atomic E-state index is 14.4. The number of amides is 2. The number of cyclic esters (lactones) is 1. The van der Waals surface area contributed by atoms with Gasteiger partial charge in [0.2, 0.25) is 11.8 Å². The minimum atomic E-state index is -1.85. The summed E-state index contributed by atoms with van der Waals surface area (Å²) in [5.74, 6) is -3.71. The van der Waals surface area contributed by atoms with Crippen molar-refractivity contribution in [1.82, 2.24) is 20.2 Å². The van der Waals surface area contributed by atoms with Crippen LogP contribution in [-0.2, 0) is 42.8 Å². The van der Waals surface area contributed by atoms with E-state index in [9.17, 15) is 39.9 Å². The van der Waals surface area contributed by atoms with Gasteiger partial charge in [-0.3, -0.25) is 24.5 Å². The van der Waals surface area contributed by atoms with Crippen LogP contribution in [0, 0.1) is 17.8 Å². The minimum Gasteiger partial charge on any atom is -0.459 e. The second-order valence-corrected chi connectivity index (χ2v) is 20.0. The van der Waals surface area contributed by atoms with Gasteiger partial charge >= 0.3 is 5.97 Å². The molecular weight excluding hydrogens is 837 g/mol. The van der Waals surface area contributed by atoms with Gasteiger partial charge in [0.1, 0.15) is 30.0 Å². The highest BCUT2D eigenvalue weighted by molar-refractivity contribution is 5.83. The highest BCUT2D eigenvalue weighted by Gasteiger charge is 2.53. The molecule has 19 heteroatoms. The van der Waals surface area contributed by atoms with E-state index in [1.165, 1.54) is 14.0 Å². The normalized spacial score (nSPS) is 44.2. The first-order chi connectivity index (χ1) is 29.8.